The molecule has 146 valence electrons. The molecular weight excluding hydrogens is 364 g/mol. The fourth-order valence-electron chi connectivity index (χ4n) is 3.60. The van der Waals surface area contributed by atoms with Crippen LogP contribution in [-0.4, -0.2) is 19.1 Å². The van der Waals surface area contributed by atoms with Gasteiger partial charge in [0.25, 0.3) is 0 Å². The third-order valence-corrected chi connectivity index (χ3v) is 4.82. The first-order chi connectivity index (χ1) is 14.1. The van der Waals surface area contributed by atoms with Gasteiger partial charge in [0, 0.05) is 34.3 Å². The molecular formula is C24H23N2O3+. The van der Waals surface area contributed by atoms with E-state index in [-0.39, 0.29) is 5.97 Å². The highest BCUT2D eigenvalue weighted by Gasteiger charge is 2.22. The van der Waals surface area contributed by atoms with Crippen LogP contribution in [0.3, 0.4) is 0 Å². The topological polar surface area (TPSA) is 79.4 Å². The van der Waals surface area contributed by atoms with Crippen molar-refractivity contribution in [2.45, 2.75) is 13.8 Å². The van der Waals surface area contributed by atoms with Gasteiger partial charge in [-0.2, -0.15) is 0 Å². The molecule has 0 saturated heterocycles. The van der Waals surface area contributed by atoms with Crippen LogP contribution in [0.25, 0.3) is 33.4 Å². The van der Waals surface area contributed by atoms with Crippen LogP contribution < -0.4 is 16.1 Å². The lowest BCUT2D eigenvalue weighted by atomic mass is 9.90. The Morgan fingerprint density at radius 3 is 2.66 bits per heavy atom. The van der Waals surface area contributed by atoms with Gasteiger partial charge in [-0.25, -0.2) is 9.79 Å². The minimum atomic E-state index is -0.343. The maximum atomic E-state index is 12.6. The van der Waals surface area contributed by atoms with Crippen molar-refractivity contribution in [3.63, 3.8) is 0 Å². The fraction of sp³-hybridized carbons (Fsp3) is 0.167. The predicted molar refractivity (Wildman–Crippen MR) is 113 cm³/mol. The van der Waals surface area contributed by atoms with Gasteiger partial charge in [0.2, 0.25) is 5.36 Å². The van der Waals surface area contributed by atoms with Crippen LogP contribution in [0.1, 0.15) is 24.2 Å². The van der Waals surface area contributed by atoms with Crippen molar-refractivity contribution < 1.29 is 18.9 Å². The molecule has 0 saturated carbocycles. The number of benzene rings is 3. The van der Waals surface area contributed by atoms with Crippen molar-refractivity contribution in [1.29, 1.82) is 0 Å². The van der Waals surface area contributed by atoms with Gasteiger partial charge in [-0.05, 0) is 43.7 Å². The second-order valence-corrected chi connectivity index (χ2v) is 6.74. The van der Waals surface area contributed by atoms with E-state index in [1.165, 1.54) is 0 Å². The lowest BCUT2D eigenvalue weighted by Gasteiger charge is -2.17. The maximum absolute atomic E-state index is 12.6. The summed E-state index contributed by atoms with van der Waals surface area (Å²) < 4.78 is 11.5. The Bertz CT molecular complexity index is 1240. The van der Waals surface area contributed by atoms with Crippen molar-refractivity contribution >= 4 is 22.6 Å². The first-order valence-electron chi connectivity index (χ1n) is 9.72. The largest absolute Gasteiger partial charge is 0.462 e. The van der Waals surface area contributed by atoms with Crippen LogP contribution in [0.15, 0.2) is 65.1 Å². The molecule has 4 rings (SSSR count). The molecule has 0 unspecified atom stereocenters. The molecule has 1 heterocycles. The summed E-state index contributed by atoms with van der Waals surface area (Å²) in [6.45, 7) is 4.98. The molecule has 5 heteroatoms. The van der Waals surface area contributed by atoms with E-state index in [2.05, 4.69) is 4.99 Å². The van der Waals surface area contributed by atoms with Crippen LogP contribution >= 0.6 is 0 Å². The highest BCUT2D eigenvalue weighted by molar-refractivity contribution is 6.08. The maximum Gasteiger partial charge on any atom is 0.338 e. The van der Waals surface area contributed by atoms with Gasteiger partial charge in [-0.1, -0.05) is 18.2 Å². The molecule has 5 nitrogen and oxygen atoms in total. The summed E-state index contributed by atoms with van der Waals surface area (Å²) in [6.07, 6.45) is 0. The molecule has 0 fully saturated rings. The Kier molecular flexibility index (Phi) is 5.04. The Morgan fingerprint density at radius 2 is 1.86 bits per heavy atom. The number of nitrogens with two attached hydrogens (primary N) is 1. The average Bonchev–Trinajstić information content (AvgIpc) is 2.72. The molecule has 0 spiro atoms. The molecule has 0 amide bonds. The summed E-state index contributed by atoms with van der Waals surface area (Å²) in [5.41, 5.74) is 10.5. The van der Waals surface area contributed by atoms with E-state index in [4.69, 9.17) is 14.9 Å². The summed E-state index contributed by atoms with van der Waals surface area (Å²) >= 11 is 0. The molecule has 0 bridgehead atoms. The van der Waals surface area contributed by atoms with E-state index in [1.807, 2.05) is 61.5 Å². The molecule has 0 atom stereocenters. The molecule has 29 heavy (non-hydrogen) atoms. The number of hydrogen-bond donors (Lipinski definition) is 2. The van der Waals surface area contributed by atoms with E-state index in [0.29, 0.717) is 23.4 Å². The average molecular weight is 387 g/mol. The first-order valence-corrected chi connectivity index (χ1v) is 9.72. The van der Waals surface area contributed by atoms with Crippen LogP contribution in [-0.2, 0) is 4.74 Å². The smallest absolute Gasteiger partial charge is 0.338 e. The third-order valence-electron chi connectivity index (χ3n) is 4.82. The molecule has 2 aromatic carbocycles. The zero-order valence-electron chi connectivity index (χ0n) is 16.5. The number of carbonyl (C=O) groups is 1. The van der Waals surface area contributed by atoms with Gasteiger partial charge in [0.15, 0.2) is 0 Å². The van der Waals surface area contributed by atoms with Gasteiger partial charge in [0.05, 0.1) is 18.2 Å². The van der Waals surface area contributed by atoms with Crippen molar-refractivity contribution in [3.8, 4) is 22.5 Å². The molecule has 2 aromatic rings. The van der Waals surface area contributed by atoms with Crippen LogP contribution in [0, 0.1) is 0 Å². The summed E-state index contributed by atoms with van der Waals surface area (Å²) in [6, 6.07) is 19.1. The number of ether oxygens (including phenoxy) is 1. The number of nitrogens with one attached hydrogen (secondary N) is 1. The molecule has 1 aliphatic heterocycles. The third kappa shape index (κ3) is 3.47. The molecule has 0 aromatic heterocycles. The zero-order chi connectivity index (χ0) is 20.4. The van der Waals surface area contributed by atoms with Crippen molar-refractivity contribution in [2.75, 3.05) is 18.9 Å². The van der Waals surface area contributed by atoms with E-state index < -0.39 is 0 Å². The van der Waals surface area contributed by atoms with Crippen LogP contribution in [0.4, 0.5) is 5.69 Å². The lowest BCUT2D eigenvalue weighted by Crippen LogP contribution is -2.75. The fourth-order valence-corrected chi connectivity index (χ4v) is 3.60. The summed E-state index contributed by atoms with van der Waals surface area (Å²) in [4.78, 5) is 15.9. The number of carbonyl (C=O) groups excluding carboxylic acids is 1. The van der Waals surface area contributed by atoms with Gasteiger partial charge in [-0.3, -0.25) is 0 Å². The van der Waals surface area contributed by atoms with E-state index in [1.54, 1.807) is 13.0 Å². The number of nitrogen functional groups attached to an aromatic ring is 1. The second kappa shape index (κ2) is 7.80. The number of anilines is 1. The van der Waals surface area contributed by atoms with Crippen LogP contribution in [0.2, 0.25) is 0 Å². The highest BCUT2D eigenvalue weighted by Crippen LogP contribution is 2.41. The minimum Gasteiger partial charge on any atom is -0.462 e. The van der Waals surface area contributed by atoms with Crippen molar-refractivity contribution in [2.24, 2.45) is 0 Å². The van der Waals surface area contributed by atoms with Crippen molar-refractivity contribution in [1.82, 2.24) is 0 Å². The molecule has 3 N–H and O–H groups in total. The van der Waals surface area contributed by atoms with Crippen LogP contribution in [0.5, 0.6) is 0 Å². The SMILES string of the molecule is CC[NH+]=c1ccc2c(-c3ccccc3C(=O)OCC)c3ccc(N)cc3oc-2c1. The summed E-state index contributed by atoms with van der Waals surface area (Å²) in [5, 5.41) is 1.86. The molecule has 1 aliphatic carbocycles. The normalized spacial score (nSPS) is 11.9. The zero-order valence-corrected chi connectivity index (χ0v) is 16.5. The Morgan fingerprint density at radius 1 is 1.03 bits per heavy atom. The Balaban J connectivity index is 2.11. The summed E-state index contributed by atoms with van der Waals surface area (Å²) in [7, 11) is 0. The van der Waals surface area contributed by atoms with Gasteiger partial charge >= 0.3 is 5.97 Å². The quantitative estimate of drug-likeness (QED) is 0.321. The molecule has 2 aliphatic rings. The monoisotopic (exact) mass is 387 g/mol. The number of hydrogen-bond acceptors (Lipinski definition) is 4. The van der Waals surface area contributed by atoms with E-state index in [9.17, 15) is 4.79 Å². The van der Waals surface area contributed by atoms with Gasteiger partial charge in [-0.15, -0.1) is 0 Å². The number of fused-ring (bicyclic) bond motifs is 2. The lowest BCUT2D eigenvalue weighted by molar-refractivity contribution is -0.496. The van der Waals surface area contributed by atoms with E-state index in [0.717, 1.165) is 39.7 Å². The van der Waals surface area contributed by atoms with E-state index >= 15 is 0 Å². The second-order valence-electron chi connectivity index (χ2n) is 6.74. The number of rotatable bonds is 4. The first kappa shape index (κ1) is 18.7. The van der Waals surface area contributed by atoms with Crippen molar-refractivity contribution in [3.05, 3.63) is 71.6 Å². The standard InChI is InChI=1S/C24H22N2O3/c1-3-26-16-10-12-20-22(14-16)29-21-13-15(25)9-11-19(21)23(20)17-7-5-6-8-18(17)24(27)28-4-2/h5-14H,3-4,25H2,1-2H3/p+1. The Hall–Kier alpha value is -3.60. The Labute approximate surface area is 168 Å². The van der Waals surface area contributed by atoms with Gasteiger partial charge in [0.1, 0.15) is 17.9 Å². The minimum absolute atomic E-state index is 0.321. The predicted octanol–water partition coefficient (Wildman–Crippen LogP) is 2.96. The molecule has 0 radical (unpaired) electrons. The summed E-state index contributed by atoms with van der Waals surface area (Å²) in [5.74, 6) is 0.375. The van der Waals surface area contributed by atoms with Gasteiger partial charge < -0.3 is 14.9 Å². The number of esters is 1. The highest BCUT2D eigenvalue weighted by atomic mass is 16.5.